The molecule has 1 aromatic carbocycles. The van der Waals surface area contributed by atoms with Crippen LogP contribution in [-0.2, 0) is 16.1 Å². The van der Waals surface area contributed by atoms with Gasteiger partial charge in [-0.1, -0.05) is 12.1 Å². The molecular weight excluding hydrogens is 288 g/mol. The molecule has 0 spiro atoms. The van der Waals surface area contributed by atoms with Crippen LogP contribution in [0.4, 0.5) is 11.8 Å². The Morgan fingerprint density at radius 2 is 2.09 bits per heavy atom. The van der Waals surface area contributed by atoms with E-state index in [2.05, 4.69) is 25.8 Å². The molecule has 9 heteroatoms. The maximum absolute atomic E-state index is 11.9. The molecule has 0 saturated carbocycles. The monoisotopic (exact) mass is 300 g/mol. The lowest BCUT2D eigenvalue weighted by molar-refractivity contribution is -0.117. The average molecular weight is 300 g/mol. The maximum atomic E-state index is 11.9. The Morgan fingerprint density at radius 3 is 2.86 bits per heavy atom. The number of carbonyl (C=O) groups is 2. The quantitative estimate of drug-likeness (QED) is 0.743. The number of aromatic nitrogens is 4. The molecule has 2 N–H and O–H groups in total. The molecule has 0 aliphatic carbocycles. The average Bonchev–Trinajstić information content (AvgIpc) is 3.03. The van der Waals surface area contributed by atoms with Crippen LogP contribution in [0.2, 0.25) is 0 Å². The number of hydrogen-bond donors (Lipinski definition) is 2. The van der Waals surface area contributed by atoms with Crippen LogP contribution in [0.5, 0.6) is 0 Å². The summed E-state index contributed by atoms with van der Waals surface area (Å²) in [6.45, 7) is 1.23. The Hall–Kier alpha value is -3.23. The van der Waals surface area contributed by atoms with Crippen LogP contribution in [0.25, 0.3) is 11.1 Å². The second kappa shape index (κ2) is 5.64. The van der Waals surface area contributed by atoms with Gasteiger partial charge in [-0.15, -0.1) is 5.10 Å². The van der Waals surface area contributed by atoms with Gasteiger partial charge in [0.2, 0.25) is 5.91 Å². The second-order valence-corrected chi connectivity index (χ2v) is 4.48. The van der Waals surface area contributed by atoms with Crippen molar-refractivity contribution in [1.82, 2.24) is 20.0 Å². The van der Waals surface area contributed by atoms with Crippen LogP contribution >= 0.6 is 0 Å². The van der Waals surface area contributed by atoms with Crippen molar-refractivity contribution in [2.45, 2.75) is 13.5 Å². The molecule has 0 atom stereocenters. The standard InChI is InChI=1S/C13H12N6O3/c1-8(20)15-11-6-14-19(18-11)7-12(21)17-13-16-9-4-2-3-5-10(9)22-13/h2-6H,7H2,1H3,(H,15,18,20)(H,16,17,21). The summed E-state index contributed by atoms with van der Waals surface area (Å²) in [4.78, 5) is 28.1. The van der Waals surface area contributed by atoms with Gasteiger partial charge in [0.25, 0.3) is 5.91 Å². The van der Waals surface area contributed by atoms with Crippen LogP contribution in [0.3, 0.4) is 0 Å². The number of nitrogens with one attached hydrogen (secondary N) is 2. The van der Waals surface area contributed by atoms with E-state index in [0.29, 0.717) is 11.1 Å². The van der Waals surface area contributed by atoms with E-state index in [1.165, 1.54) is 13.1 Å². The third-order valence-corrected chi connectivity index (χ3v) is 2.67. The van der Waals surface area contributed by atoms with Gasteiger partial charge in [0.05, 0.1) is 6.20 Å². The van der Waals surface area contributed by atoms with Crippen molar-refractivity contribution >= 4 is 34.7 Å². The minimum Gasteiger partial charge on any atom is -0.423 e. The van der Waals surface area contributed by atoms with E-state index in [-0.39, 0.29) is 24.3 Å². The molecule has 22 heavy (non-hydrogen) atoms. The first kappa shape index (κ1) is 13.7. The van der Waals surface area contributed by atoms with Crippen molar-refractivity contribution in [3.05, 3.63) is 30.5 Å². The zero-order valence-corrected chi connectivity index (χ0v) is 11.6. The lowest BCUT2D eigenvalue weighted by atomic mass is 10.3. The van der Waals surface area contributed by atoms with Crippen molar-refractivity contribution in [2.75, 3.05) is 10.6 Å². The fraction of sp³-hybridized carbons (Fsp3) is 0.154. The number of amides is 2. The van der Waals surface area contributed by atoms with Crippen molar-refractivity contribution in [2.24, 2.45) is 0 Å². The van der Waals surface area contributed by atoms with Gasteiger partial charge in [-0.05, 0) is 12.1 Å². The molecule has 0 fully saturated rings. The van der Waals surface area contributed by atoms with Gasteiger partial charge in [-0.2, -0.15) is 14.9 Å². The van der Waals surface area contributed by atoms with Gasteiger partial charge in [0, 0.05) is 6.92 Å². The lowest BCUT2D eigenvalue weighted by Gasteiger charge is -1.99. The first-order chi connectivity index (χ1) is 10.6. The molecule has 2 amide bonds. The molecule has 2 aromatic heterocycles. The summed E-state index contributed by atoms with van der Waals surface area (Å²) >= 11 is 0. The molecule has 112 valence electrons. The second-order valence-electron chi connectivity index (χ2n) is 4.48. The fourth-order valence-corrected chi connectivity index (χ4v) is 1.82. The fourth-order valence-electron chi connectivity index (χ4n) is 1.82. The van der Waals surface area contributed by atoms with E-state index in [1.54, 1.807) is 12.1 Å². The Bertz CT molecular complexity index is 804. The molecule has 0 bridgehead atoms. The molecular formula is C13H12N6O3. The molecule has 3 aromatic rings. The third-order valence-electron chi connectivity index (χ3n) is 2.67. The van der Waals surface area contributed by atoms with Crippen LogP contribution in [0.1, 0.15) is 6.92 Å². The predicted octanol–water partition coefficient (Wildman–Crippen LogP) is 1.02. The van der Waals surface area contributed by atoms with Crippen molar-refractivity contribution in [3.8, 4) is 0 Å². The van der Waals surface area contributed by atoms with Gasteiger partial charge < -0.3 is 9.73 Å². The van der Waals surface area contributed by atoms with Crippen LogP contribution in [-0.4, -0.2) is 31.8 Å². The zero-order valence-electron chi connectivity index (χ0n) is 11.6. The Kier molecular flexibility index (Phi) is 3.52. The molecule has 0 saturated heterocycles. The van der Waals surface area contributed by atoms with Gasteiger partial charge in [0.15, 0.2) is 11.4 Å². The van der Waals surface area contributed by atoms with E-state index < -0.39 is 5.91 Å². The number of anilines is 2. The van der Waals surface area contributed by atoms with Gasteiger partial charge in [-0.25, -0.2) is 0 Å². The number of carbonyl (C=O) groups excluding carboxylic acids is 2. The van der Waals surface area contributed by atoms with E-state index in [0.717, 1.165) is 4.80 Å². The Balaban J connectivity index is 1.64. The summed E-state index contributed by atoms with van der Waals surface area (Å²) in [5, 5.41) is 12.8. The molecule has 9 nitrogen and oxygen atoms in total. The Morgan fingerprint density at radius 1 is 1.27 bits per heavy atom. The Labute approximate surface area is 124 Å². The smallest absolute Gasteiger partial charge is 0.302 e. The highest BCUT2D eigenvalue weighted by atomic mass is 16.4. The number of rotatable bonds is 4. The molecule has 2 heterocycles. The number of nitrogens with zero attached hydrogens (tertiary/aromatic N) is 4. The highest BCUT2D eigenvalue weighted by Crippen LogP contribution is 2.17. The molecule has 0 unspecified atom stereocenters. The number of fused-ring (bicyclic) bond motifs is 1. The van der Waals surface area contributed by atoms with Crippen molar-refractivity contribution in [3.63, 3.8) is 0 Å². The SMILES string of the molecule is CC(=O)Nc1cnn(CC(=O)Nc2nc3ccccc3o2)n1. The number of oxazole rings is 1. The minimum absolute atomic E-state index is 0.112. The zero-order chi connectivity index (χ0) is 15.5. The van der Waals surface area contributed by atoms with E-state index in [1.807, 2.05) is 12.1 Å². The lowest BCUT2D eigenvalue weighted by Crippen LogP contribution is -2.20. The van der Waals surface area contributed by atoms with E-state index in [4.69, 9.17) is 4.42 Å². The first-order valence-electron chi connectivity index (χ1n) is 6.43. The normalized spacial score (nSPS) is 10.6. The van der Waals surface area contributed by atoms with Gasteiger partial charge >= 0.3 is 6.01 Å². The largest absolute Gasteiger partial charge is 0.423 e. The predicted molar refractivity (Wildman–Crippen MR) is 77.0 cm³/mol. The van der Waals surface area contributed by atoms with Crippen LogP contribution in [0.15, 0.2) is 34.9 Å². The summed E-state index contributed by atoms with van der Waals surface area (Å²) in [6.07, 6.45) is 1.36. The van der Waals surface area contributed by atoms with Crippen LogP contribution < -0.4 is 10.6 Å². The summed E-state index contributed by atoms with van der Waals surface area (Å²) in [5.74, 6) is -0.373. The molecule has 3 rings (SSSR count). The van der Waals surface area contributed by atoms with Gasteiger partial charge in [-0.3, -0.25) is 14.9 Å². The number of benzene rings is 1. The topological polar surface area (TPSA) is 115 Å². The summed E-state index contributed by atoms with van der Waals surface area (Å²) in [6, 6.07) is 7.29. The summed E-state index contributed by atoms with van der Waals surface area (Å²) in [7, 11) is 0. The minimum atomic E-state index is -0.392. The van der Waals surface area contributed by atoms with E-state index >= 15 is 0 Å². The third kappa shape index (κ3) is 3.08. The molecule has 0 aliphatic rings. The molecule has 0 aliphatic heterocycles. The first-order valence-corrected chi connectivity index (χ1v) is 6.43. The molecule has 0 radical (unpaired) electrons. The van der Waals surface area contributed by atoms with E-state index in [9.17, 15) is 9.59 Å². The number of para-hydroxylation sites is 2. The van der Waals surface area contributed by atoms with Crippen molar-refractivity contribution in [1.29, 1.82) is 0 Å². The highest BCUT2D eigenvalue weighted by Gasteiger charge is 2.11. The van der Waals surface area contributed by atoms with Crippen molar-refractivity contribution < 1.29 is 14.0 Å². The van der Waals surface area contributed by atoms with Crippen LogP contribution in [0, 0.1) is 0 Å². The maximum Gasteiger partial charge on any atom is 0.302 e. The summed E-state index contributed by atoms with van der Waals surface area (Å²) in [5.41, 5.74) is 1.24. The highest BCUT2D eigenvalue weighted by molar-refractivity contribution is 5.90. The summed E-state index contributed by atoms with van der Waals surface area (Å²) < 4.78 is 5.38. The number of hydrogen-bond acceptors (Lipinski definition) is 6. The van der Waals surface area contributed by atoms with Gasteiger partial charge in [0.1, 0.15) is 12.1 Å².